The van der Waals surface area contributed by atoms with Gasteiger partial charge in [0.05, 0.1) is 4.90 Å². The molecule has 1 atom stereocenters. The van der Waals surface area contributed by atoms with Gasteiger partial charge in [0, 0.05) is 25.7 Å². The summed E-state index contributed by atoms with van der Waals surface area (Å²) < 4.78 is 27.9. The van der Waals surface area contributed by atoms with Crippen LogP contribution in [-0.4, -0.2) is 27.9 Å². The highest BCUT2D eigenvalue weighted by molar-refractivity contribution is 7.89. The minimum Gasteiger partial charge on any atom is -0.315 e. The Morgan fingerprint density at radius 1 is 1.12 bits per heavy atom. The molecule has 0 aromatic heterocycles. The summed E-state index contributed by atoms with van der Waals surface area (Å²) in [5.41, 5.74) is 2.89. The first-order valence-corrected chi connectivity index (χ1v) is 10.3. The third-order valence-electron chi connectivity index (χ3n) is 4.94. The van der Waals surface area contributed by atoms with Crippen LogP contribution in [0.25, 0.3) is 0 Å². The topological polar surface area (TPSA) is 66.5 Å². The predicted molar refractivity (Wildman–Crippen MR) is 103 cm³/mol. The fourth-order valence-corrected chi connectivity index (χ4v) is 4.34. The van der Waals surface area contributed by atoms with Gasteiger partial charge in [0.2, 0.25) is 15.9 Å². The number of rotatable bonds is 6. The zero-order valence-corrected chi connectivity index (χ0v) is 15.9. The van der Waals surface area contributed by atoms with Gasteiger partial charge < -0.3 is 4.90 Å². The number of nitrogens with zero attached hydrogens (tertiary/aromatic N) is 1. The molecule has 0 radical (unpaired) electrons. The highest BCUT2D eigenvalue weighted by atomic mass is 32.2. The van der Waals surface area contributed by atoms with Crippen LogP contribution in [0, 0.1) is 0 Å². The van der Waals surface area contributed by atoms with Crippen molar-refractivity contribution < 1.29 is 13.2 Å². The van der Waals surface area contributed by atoms with E-state index in [1.54, 1.807) is 30.1 Å². The normalized spacial score (nSPS) is 15.6. The Bertz CT molecular complexity index is 895. The Balaban J connectivity index is 1.66. The van der Waals surface area contributed by atoms with Gasteiger partial charge in [0.15, 0.2) is 0 Å². The zero-order valence-electron chi connectivity index (χ0n) is 15.1. The molecule has 6 heteroatoms. The number of nitrogens with one attached hydrogen (secondary N) is 1. The number of aryl methyl sites for hydroxylation is 1. The second kappa shape index (κ2) is 7.60. The molecule has 3 rings (SSSR count). The molecule has 1 amide bonds. The van der Waals surface area contributed by atoms with E-state index in [1.807, 2.05) is 18.2 Å². The number of sulfonamides is 1. The van der Waals surface area contributed by atoms with E-state index in [-0.39, 0.29) is 16.7 Å². The predicted octanol–water partition coefficient (Wildman–Crippen LogP) is 3.07. The Kier molecular flexibility index (Phi) is 5.44. The van der Waals surface area contributed by atoms with Crippen LogP contribution in [-0.2, 0) is 21.2 Å². The summed E-state index contributed by atoms with van der Waals surface area (Å²) in [6.07, 6.45) is 1.72. The summed E-state index contributed by atoms with van der Waals surface area (Å²) in [6, 6.07) is 15.0. The van der Waals surface area contributed by atoms with E-state index in [2.05, 4.69) is 23.8 Å². The minimum atomic E-state index is -3.56. The number of carbonyl (C=O) groups excluding carboxylic acids is 1. The Labute approximate surface area is 155 Å². The minimum absolute atomic E-state index is 0.0566. The molecule has 5 nitrogen and oxygen atoms in total. The van der Waals surface area contributed by atoms with E-state index < -0.39 is 10.0 Å². The van der Waals surface area contributed by atoms with E-state index in [9.17, 15) is 13.2 Å². The van der Waals surface area contributed by atoms with Crippen molar-refractivity contribution in [2.75, 3.05) is 18.5 Å². The molecule has 1 unspecified atom stereocenters. The Hall–Kier alpha value is -2.18. The van der Waals surface area contributed by atoms with E-state index in [0.717, 1.165) is 17.7 Å². The summed E-state index contributed by atoms with van der Waals surface area (Å²) in [5, 5.41) is 0. The van der Waals surface area contributed by atoms with Crippen LogP contribution in [0.5, 0.6) is 0 Å². The summed E-state index contributed by atoms with van der Waals surface area (Å²) in [5.74, 6) is 0.336. The van der Waals surface area contributed by atoms with Crippen LogP contribution >= 0.6 is 0 Å². The molecule has 26 heavy (non-hydrogen) atoms. The molecule has 2 aromatic rings. The fraction of sp³-hybridized carbons (Fsp3) is 0.350. The lowest BCUT2D eigenvalue weighted by molar-refractivity contribution is -0.118. The van der Waals surface area contributed by atoms with Gasteiger partial charge in [-0.3, -0.25) is 4.79 Å². The van der Waals surface area contributed by atoms with Gasteiger partial charge in [0.1, 0.15) is 0 Å². The number of amides is 1. The second-order valence-corrected chi connectivity index (χ2v) is 8.51. The van der Waals surface area contributed by atoms with Crippen molar-refractivity contribution in [1.82, 2.24) is 4.72 Å². The average molecular weight is 372 g/mol. The van der Waals surface area contributed by atoms with Gasteiger partial charge in [-0.15, -0.1) is 0 Å². The highest BCUT2D eigenvalue weighted by Crippen LogP contribution is 2.29. The summed E-state index contributed by atoms with van der Waals surface area (Å²) in [4.78, 5) is 13.6. The molecule has 1 N–H and O–H groups in total. The molecule has 1 heterocycles. The molecule has 0 fully saturated rings. The maximum absolute atomic E-state index is 12.6. The molecule has 0 saturated carbocycles. The Morgan fingerprint density at radius 3 is 2.58 bits per heavy atom. The largest absolute Gasteiger partial charge is 0.315 e. The number of carbonyl (C=O) groups is 1. The average Bonchev–Trinajstić information content (AvgIpc) is 2.65. The lowest BCUT2D eigenvalue weighted by Crippen LogP contribution is -2.31. The van der Waals surface area contributed by atoms with Crippen molar-refractivity contribution in [3.05, 3.63) is 59.7 Å². The summed E-state index contributed by atoms with van der Waals surface area (Å²) in [7, 11) is -1.84. The van der Waals surface area contributed by atoms with Crippen LogP contribution < -0.4 is 9.62 Å². The van der Waals surface area contributed by atoms with Crippen LogP contribution in [0.15, 0.2) is 53.4 Å². The number of anilines is 1. The third-order valence-corrected chi connectivity index (χ3v) is 6.40. The maximum Gasteiger partial charge on any atom is 0.240 e. The number of benzene rings is 2. The SMILES string of the molecule is CC(CCNS(=O)(=O)c1ccc2c(c1)CCC(=O)N2C)c1ccccc1. The first kappa shape index (κ1) is 18.6. The smallest absolute Gasteiger partial charge is 0.240 e. The lowest BCUT2D eigenvalue weighted by atomic mass is 9.98. The fourth-order valence-electron chi connectivity index (χ4n) is 3.24. The van der Waals surface area contributed by atoms with Gasteiger partial charge in [-0.2, -0.15) is 0 Å². The van der Waals surface area contributed by atoms with Gasteiger partial charge in [0.25, 0.3) is 0 Å². The van der Waals surface area contributed by atoms with Crippen molar-refractivity contribution in [3.8, 4) is 0 Å². The van der Waals surface area contributed by atoms with Crippen LogP contribution in [0.3, 0.4) is 0 Å². The van der Waals surface area contributed by atoms with Crippen LogP contribution in [0.2, 0.25) is 0 Å². The first-order valence-electron chi connectivity index (χ1n) is 8.82. The standard InChI is InChI=1S/C20H24N2O3S/c1-15(16-6-4-3-5-7-16)12-13-21-26(24,25)18-9-10-19-17(14-18)8-11-20(23)22(19)2/h3-7,9-10,14-15,21H,8,11-13H2,1-2H3. The summed E-state index contributed by atoms with van der Waals surface area (Å²) >= 11 is 0. The molecular formula is C20H24N2O3S. The van der Waals surface area contributed by atoms with Crippen molar-refractivity contribution in [2.24, 2.45) is 0 Å². The number of fused-ring (bicyclic) bond motifs is 1. The molecule has 1 aliphatic rings. The van der Waals surface area contributed by atoms with E-state index >= 15 is 0 Å². The quantitative estimate of drug-likeness (QED) is 0.847. The molecule has 138 valence electrons. The number of hydrogen-bond acceptors (Lipinski definition) is 3. The zero-order chi connectivity index (χ0) is 18.7. The van der Waals surface area contributed by atoms with Gasteiger partial charge >= 0.3 is 0 Å². The first-order chi connectivity index (χ1) is 12.4. The van der Waals surface area contributed by atoms with E-state index in [4.69, 9.17) is 0 Å². The molecule has 1 aliphatic heterocycles. The van der Waals surface area contributed by atoms with Crippen molar-refractivity contribution in [3.63, 3.8) is 0 Å². The van der Waals surface area contributed by atoms with Gasteiger partial charge in [-0.1, -0.05) is 37.3 Å². The van der Waals surface area contributed by atoms with Gasteiger partial charge in [-0.05, 0) is 48.1 Å². The van der Waals surface area contributed by atoms with Crippen molar-refractivity contribution >= 4 is 21.6 Å². The monoisotopic (exact) mass is 372 g/mol. The summed E-state index contributed by atoms with van der Waals surface area (Å²) in [6.45, 7) is 2.48. The van der Waals surface area contributed by atoms with Crippen LogP contribution in [0.1, 0.15) is 36.8 Å². The van der Waals surface area contributed by atoms with Crippen molar-refractivity contribution in [2.45, 2.75) is 37.0 Å². The maximum atomic E-state index is 12.6. The van der Waals surface area contributed by atoms with Crippen molar-refractivity contribution in [1.29, 1.82) is 0 Å². The van der Waals surface area contributed by atoms with Gasteiger partial charge in [-0.25, -0.2) is 13.1 Å². The molecule has 2 aromatic carbocycles. The third kappa shape index (κ3) is 3.97. The Morgan fingerprint density at radius 2 is 1.85 bits per heavy atom. The molecule has 0 spiro atoms. The molecule has 0 bridgehead atoms. The van der Waals surface area contributed by atoms with E-state index in [0.29, 0.717) is 19.4 Å². The molecular weight excluding hydrogens is 348 g/mol. The highest BCUT2D eigenvalue weighted by Gasteiger charge is 2.23. The number of hydrogen-bond donors (Lipinski definition) is 1. The second-order valence-electron chi connectivity index (χ2n) is 6.74. The van der Waals surface area contributed by atoms with Crippen LogP contribution in [0.4, 0.5) is 5.69 Å². The lowest BCUT2D eigenvalue weighted by Gasteiger charge is -2.26. The molecule has 0 saturated heterocycles. The molecule has 0 aliphatic carbocycles. The van der Waals surface area contributed by atoms with E-state index in [1.165, 1.54) is 5.56 Å².